The Balaban J connectivity index is 1.55. The Bertz CT molecular complexity index is 1360. The SMILES string of the molecule is O=C(Nc1cc(-c2ccc(Cl)cc2)nn1-c1nc(-c2ccccc2)cs1)c1ccccc1. The van der Waals surface area contributed by atoms with Crippen molar-refractivity contribution in [1.29, 1.82) is 0 Å². The van der Waals surface area contributed by atoms with Gasteiger partial charge in [0.05, 0.1) is 11.4 Å². The number of rotatable bonds is 5. The number of nitrogens with zero attached hydrogens (tertiary/aromatic N) is 3. The fraction of sp³-hybridized carbons (Fsp3) is 0. The third-order valence-electron chi connectivity index (χ3n) is 4.87. The standard InChI is InChI=1S/C25H17ClN4OS/c26-20-13-11-18(12-14-20)21-15-23(28-24(31)19-9-5-2-6-10-19)30(29-21)25-27-22(16-32-25)17-7-3-1-4-8-17/h1-16H,(H,28,31). The minimum atomic E-state index is -0.214. The van der Waals surface area contributed by atoms with E-state index >= 15 is 0 Å². The van der Waals surface area contributed by atoms with Crippen molar-refractivity contribution in [2.45, 2.75) is 0 Å². The molecule has 2 heterocycles. The van der Waals surface area contributed by atoms with E-state index in [0.29, 0.717) is 27.2 Å². The first kappa shape index (κ1) is 20.2. The Kier molecular flexibility index (Phi) is 5.54. The van der Waals surface area contributed by atoms with Gasteiger partial charge in [-0.05, 0) is 24.3 Å². The second-order valence-corrected chi connectivity index (χ2v) is 8.31. The summed E-state index contributed by atoms with van der Waals surface area (Å²) >= 11 is 7.50. The highest BCUT2D eigenvalue weighted by molar-refractivity contribution is 7.12. The van der Waals surface area contributed by atoms with Crippen molar-refractivity contribution in [2.75, 3.05) is 5.32 Å². The second kappa shape index (κ2) is 8.78. The van der Waals surface area contributed by atoms with E-state index in [1.165, 1.54) is 11.3 Å². The van der Waals surface area contributed by atoms with E-state index in [9.17, 15) is 4.79 Å². The van der Waals surface area contributed by atoms with Gasteiger partial charge in [-0.2, -0.15) is 9.78 Å². The summed E-state index contributed by atoms with van der Waals surface area (Å²) in [7, 11) is 0. The van der Waals surface area contributed by atoms with Gasteiger partial charge in [-0.1, -0.05) is 72.3 Å². The third kappa shape index (κ3) is 4.19. The molecule has 5 nitrogen and oxygen atoms in total. The van der Waals surface area contributed by atoms with Crippen LogP contribution in [0.1, 0.15) is 10.4 Å². The van der Waals surface area contributed by atoms with Crippen molar-refractivity contribution >= 4 is 34.7 Å². The predicted octanol–water partition coefficient (Wildman–Crippen LogP) is 6.57. The van der Waals surface area contributed by atoms with Crippen LogP contribution >= 0.6 is 22.9 Å². The molecule has 0 atom stereocenters. The molecule has 7 heteroatoms. The number of halogens is 1. The molecule has 156 valence electrons. The second-order valence-electron chi connectivity index (χ2n) is 7.04. The van der Waals surface area contributed by atoms with Crippen LogP contribution < -0.4 is 5.32 Å². The van der Waals surface area contributed by atoms with Crippen molar-refractivity contribution < 1.29 is 4.79 Å². The van der Waals surface area contributed by atoms with Crippen LogP contribution in [-0.2, 0) is 0 Å². The van der Waals surface area contributed by atoms with Crippen molar-refractivity contribution in [3.63, 3.8) is 0 Å². The summed E-state index contributed by atoms with van der Waals surface area (Å²) in [5.41, 5.74) is 4.05. The fourth-order valence-electron chi connectivity index (χ4n) is 3.26. The van der Waals surface area contributed by atoms with E-state index < -0.39 is 0 Å². The number of amides is 1. The van der Waals surface area contributed by atoms with Gasteiger partial charge in [0.15, 0.2) is 0 Å². The molecule has 5 rings (SSSR count). The number of anilines is 1. The molecule has 0 aliphatic carbocycles. The van der Waals surface area contributed by atoms with E-state index in [-0.39, 0.29) is 5.91 Å². The first-order valence-corrected chi connectivity index (χ1v) is 11.2. The van der Waals surface area contributed by atoms with E-state index in [1.807, 2.05) is 84.2 Å². The first-order chi connectivity index (χ1) is 15.7. The third-order valence-corrected chi connectivity index (χ3v) is 5.94. The van der Waals surface area contributed by atoms with Gasteiger partial charge in [-0.15, -0.1) is 11.3 Å². The van der Waals surface area contributed by atoms with Gasteiger partial charge in [-0.25, -0.2) is 4.98 Å². The molecule has 0 bridgehead atoms. The predicted molar refractivity (Wildman–Crippen MR) is 130 cm³/mol. The summed E-state index contributed by atoms with van der Waals surface area (Å²) in [4.78, 5) is 17.6. The van der Waals surface area contributed by atoms with Gasteiger partial charge in [0.2, 0.25) is 5.13 Å². The van der Waals surface area contributed by atoms with Crippen molar-refractivity contribution in [2.24, 2.45) is 0 Å². The van der Waals surface area contributed by atoms with Gasteiger partial charge in [0.25, 0.3) is 5.91 Å². The van der Waals surface area contributed by atoms with Crippen LogP contribution in [0.4, 0.5) is 5.82 Å². The number of hydrogen-bond acceptors (Lipinski definition) is 4. The highest BCUT2D eigenvalue weighted by Crippen LogP contribution is 2.29. The lowest BCUT2D eigenvalue weighted by molar-refractivity contribution is 0.102. The summed E-state index contributed by atoms with van der Waals surface area (Å²) in [6.45, 7) is 0. The molecule has 0 aliphatic heterocycles. The molecule has 5 aromatic rings. The number of thiazole rings is 1. The van der Waals surface area contributed by atoms with Crippen LogP contribution in [0.3, 0.4) is 0 Å². The largest absolute Gasteiger partial charge is 0.306 e. The average Bonchev–Trinajstić information content (AvgIpc) is 3.48. The molecule has 0 saturated carbocycles. The fourth-order valence-corrected chi connectivity index (χ4v) is 4.18. The molecule has 0 fully saturated rings. The van der Waals surface area contributed by atoms with E-state index in [1.54, 1.807) is 16.8 Å². The summed E-state index contributed by atoms with van der Waals surface area (Å²) in [6.07, 6.45) is 0. The van der Waals surface area contributed by atoms with Crippen LogP contribution in [0.5, 0.6) is 0 Å². The minimum Gasteiger partial charge on any atom is -0.306 e. The molecule has 3 aromatic carbocycles. The van der Waals surface area contributed by atoms with Crippen LogP contribution in [0.25, 0.3) is 27.6 Å². The van der Waals surface area contributed by atoms with Gasteiger partial charge >= 0.3 is 0 Å². The summed E-state index contributed by atoms with van der Waals surface area (Å²) in [5, 5.41) is 11.0. The Hall–Kier alpha value is -3.74. The summed E-state index contributed by atoms with van der Waals surface area (Å²) in [5.74, 6) is 0.326. The zero-order valence-electron chi connectivity index (χ0n) is 16.8. The van der Waals surface area contributed by atoms with E-state index in [0.717, 1.165) is 16.8 Å². The van der Waals surface area contributed by atoms with Gasteiger partial charge < -0.3 is 5.32 Å². The maximum atomic E-state index is 12.8. The molecule has 0 unspecified atom stereocenters. The lowest BCUT2D eigenvalue weighted by Crippen LogP contribution is -2.14. The maximum absolute atomic E-state index is 12.8. The van der Waals surface area contributed by atoms with Crippen LogP contribution in [0, 0.1) is 0 Å². The van der Waals surface area contributed by atoms with E-state index in [4.69, 9.17) is 21.7 Å². The first-order valence-electron chi connectivity index (χ1n) is 9.91. The minimum absolute atomic E-state index is 0.214. The molecule has 1 amide bonds. The molecule has 0 saturated heterocycles. The van der Waals surface area contributed by atoms with Gasteiger partial charge in [0, 0.05) is 33.2 Å². The lowest BCUT2D eigenvalue weighted by atomic mass is 10.1. The Morgan fingerprint density at radius 3 is 2.22 bits per heavy atom. The highest BCUT2D eigenvalue weighted by atomic mass is 35.5. The number of aromatic nitrogens is 3. The number of nitrogens with one attached hydrogen (secondary N) is 1. The van der Waals surface area contributed by atoms with Gasteiger partial charge in [0.1, 0.15) is 5.82 Å². The lowest BCUT2D eigenvalue weighted by Gasteiger charge is -2.06. The number of carbonyl (C=O) groups excluding carboxylic acids is 1. The zero-order valence-corrected chi connectivity index (χ0v) is 18.3. The van der Waals surface area contributed by atoms with Gasteiger partial charge in [-0.3, -0.25) is 4.79 Å². The smallest absolute Gasteiger partial charge is 0.256 e. The molecular formula is C25H17ClN4OS. The summed E-state index contributed by atoms with van der Waals surface area (Å²) < 4.78 is 1.67. The molecule has 0 radical (unpaired) electrons. The van der Waals surface area contributed by atoms with Crippen molar-refractivity contribution in [1.82, 2.24) is 14.8 Å². The van der Waals surface area contributed by atoms with Crippen LogP contribution in [0.15, 0.2) is 96.4 Å². The Morgan fingerprint density at radius 1 is 0.844 bits per heavy atom. The number of carbonyl (C=O) groups is 1. The molecule has 2 aromatic heterocycles. The topological polar surface area (TPSA) is 59.8 Å². The maximum Gasteiger partial charge on any atom is 0.256 e. The normalized spacial score (nSPS) is 10.8. The number of hydrogen-bond donors (Lipinski definition) is 1. The summed E-state index contributed by atoms with van der Waals surface area (Å²) in [6, 6.07) is 28.3. The quantitative estimate of drug-likeness (QED) is 0.325. The van der Waals surface area contributed by atoms with Crippen LogP contribution in [0.2, 0.25) is 5.02 Å². The molecule has 0 aliphatic rings. The molecule has 32 heavy (non-hydrogen) atoms. The molecule has 0 spiro atoms. The Morgan fingerprint density at radius 2 is 1.50 bits per heavy atom. The zero-order chi connectivity index (χ0) is 21.9. The molecule has 1 N–H and O–H groups in total. The average molecular weight is 457 g/mol. The number of benzene rings is 3. The highest BCUT2D eigenvalue weighted by Gasteiger charge is 2.17. The Labute approximate surface area is 194 Å². The van der Waals surface area contributed by atoms with Crippen molar-refractivity contribution in [3.05, 3.63) is 107 Å². The van der Waals surface area contributed by atoms with Crippen molar-refractivity contribution in [3.8, 4) is 27.6 Å². The monoisotopic (exact) mass is 456 g/mol. The molecular weight excluding hydrogens is 440 g/mol. The van der Waals surface area contributed by atoms with E-state index in [2.05, 4.69) is 5.32 Å². The van der Waals surface area contributed by atoms with Crippen LogP contribution in [-0.4, -0.2) is 20.7 Å².